The number of aryl methyl sites for hydroxylation is 1. The van der Waals surface area contributed by atoms with E-state index in [0.717, 1.165) is 33.4 Å². The average Bonchev–Trinajstić information content (AvgIpc) is 1.63. The van der Waals surface area contributed by atoms with Crippen molar-refractivity contribution in [1.29, 1.82) is 0 Å². The molecule has 6 aromatic heterocycles. The lowest BCUT2D eigenvalue weighted by atomic mass is 9.97. The Bertz CT molecular complexity index is 7540. The Balaban J connectivity index is 0.819. The zero-order valence-corrected chi connectivity index (χ0v) is 64.9. The van der Waals surface area contributed by atoms with Crippen LogP contribution in [0, 0.1) is 6.92 Å². The highest BCUT2D eigenvalue weighted by atomic mass is 32.2. The Labute approximate surface area is 668 Å². The molecule has 0 saturated heterocycles. The van der Waals surface area contributed by atoms with Crippen molar-refractivity contribution in [2.24, 2.45) is 0 Å². The van der Waals surface area contributed by atoms with Crippen molar-refractivity contribution in [3.8, 4) is 100 Å². The van der Waals surface area contributed by atoms with Crippen LogP contribution < -0.4 is 0 Å². The molecular weight excluding hydrogens is 1580 g/mol. The summed E-state index contributed by atoms with van der Waals surface area (Å²) in [6.07, 6.45) is 14.8. The number of hydrogen-bond acceptors (Lipinski definition) is 14. The van der Waals surface area contributed by atoms with Gasteiger partial charge >= 0.3 is 0 Å². The highest BCUT2D eigenvalue weighted by Crippen LogP contribution is 2.44. The van der Waals surface area contributed by atoms with Crippen LogP contribution in [0.15, 0.2) is 267 Å². The quantitative estimate of drug-likeness (QED) is 0.0457. The summed E-state index contributed by atoms with van der Waals surface area (Å²) >= 11 is 0. The number of fused-ring (bicyclic) bond motifs is 16. The van der Waals surface area contributed by atoms with Gasteiger partial charge in [-0.25, -0.2) is 19.9 Å². The van der Waals surface area contributed by atoms with Gasteiger partial charge in [-0.3, -0.25) is 22.8 Å². The third-order valence-corrected chi connectivity index (χ3v) is 25.1. The lowest BCUT2D eigenvalue weighted by Crippen LogP contribution is -1.97. The summed E-state index contributed by atoms with van der Waals surface area (Å²) in [5.41, 5.74) is 20.9. The second-order valence-corrected chi connectivity index (χ2v) is 35.1. The van der Waals surface area contributed by atoms with E-state index in [9.17, 15) is 64.9 Å². The smallest absolute Gasteiger partial charge is 0.294 e. The van der Waals surface area contributed by atoms with E-state index in [1.54, 1.807) is 72.8 Å². The molecular formula is C89H60N8O15S5. The molecule has 117 heavy (non-hydrogen) atoms. The number of nitrogens with zero attached hydrogens (tertiary/aromatic N) is 4. The van der Waals surface area contributed by atoms with Gasteiger partial charge in [0.05, 0.1) is 70.0 Å². The lowest BCUT2D eigenvalue weighted by Gasteiger charge is -2.09. The fraction of sp³-hybridized carbons (Fsp3) is 0.0112. The Morgan fingerprint density at radius 3 is 0.462 bits per heavy atom. The topological polar surface area (TPSA) is 387 Å². The number of benzene rings is 8. The lowest BCUT2D eigenvalue weighted by molar-refractivity contribution is 0.481. The second-order valence-electron chi connectivity index (χ2n) is 28.0. The summed E-state index contributed by atoms with van der Waals surface area (Å²) < 4.78 is 175. The molecule has 0 saturated carbocycles. The van der Waals surface area contributed by atoms with E-state index in [1.807, 2.05) is 153 Å². The maximum absolute atomic E-state index is 12.5. The van der Waals surface area contributed by atoms with Crippen LogP contribution in [0.1, 0.15) is 51.1 Å². The van der Waals surface area contributed by atoms with E-state index < -0.39 is 50.6 Å². The SMILES string of the molecule is Cc1ccc(-c2c3nc(c(-c4ccc(S(=O)(=O)O)cc4)c4ccc([nH]4)c(-c4ccc(-c5ccc(-c6c7nc(c(-c8ccc(S(=O)(=O)O)cc8)c8ccc([nH]8)c(-c8ccc(S(=O)(=O)O)cc8)c8nc(c(-c9ccc(S(=O)(=O)O)cc9)c9ccc6[nH]9)C=C8)C=C7)cc5)cc4)c4nc(c(-c5ccc(S(=O)(=O)O)cc5)c5ccc2[nH]5)C=C4)C=C3)cc1. The van der Waals surface area contributed by atoms with E-state index in [2.05, 4.69) is 19.9 Å². The molecule has 28 heteroatoms. The first-order chi connectivity index (χ1) is 56.0. The van der Waals surface area contributed by atoms with Crippen molar-refractivity contribution in [2.75, 3.05) is 0 Å². The number of aromatic amines is 4. The van der Waals surface area contributed by atoms with Crippen molar-refractivity contribution in [2.45, 2.75) is 31.4 Å². The molecule has 10 heterocycles. The van der Waals surface area contributed by atoms with E-state index in [0.29, 0.717) is 162 Å². The summed E-state index contributed by atoms with van der Waals surface area (Å²) in [6.45, 7) is 2.00. The minimum atomic E-state index is -4.61. The maximum Gasteiger partial charge on any atom is 0.294 e. The summed E-state index contributed by atoms with van der Waals surface area (Å²) in [5, 5.41) is 0. The average molecular weight is 1640 g/mol. The number of rotatable bonds is 14. The van der Waals surface area contributed by atoms with Crippen LogP contribution >= 0.6 is 0 Å². The van der Waals surface area contributed by atoms with Crippen molar-refractivity contribution in [1.82, 2.24) is 39.9 Å². The normalized spacial score (nSPS) is 12.9. The van der Waals surface area contributed by atoms with Crippen molar-refractivity contribution in [3.05, 3.63) is 294 Å². The number of H-pyrrole nitrogens is 4. The molecule has 14 aromatic rings. The molecule has 8 aromatic carbocycles. The molecule has 0 atom stereocenters. The minimum Gasteiger partial charge on any atom is -0.354 e. The van der Waals surface area contributed by atoms with Gasteiger partial charge in [0.25, 0.3) is 50.6 Å². The van der Waals surface area contributed by atoms with Crippen LogP contribution in [-0.4, -0.2) is 105 Å². The maximum atomic E-state index is 12.5. The number of nitrogens with one attached hydrogen (secondary N) is 4. The predicted molar refractivity (Wildman–Crippen MR) is 454 cm³/mol. The molecule has 16 bridgehead atoms. The monoisotopic (exact) mass is 1640 g/mol. The van der Waals surface area contributed by atoms with Crippen LogP contribution in [0.2, 0.25) is 0 Å². The third kappa shape index (κ3) is 14.4. The molecule has 0 radical (unpaired) electrons. The van der Waals surface area contributed by atoms with Crippen molar-refractivity contribution >= 4 is 143 Å². The molecule has 4 aliphatic heterocycles. The molecule has 0 fully saturated rings. The first-order valence-corrected chi connectivity index (χ1v) is 43.2. The molecule has 9 N–H and O–H groups in total. The van der Waals surface area contributed by atoms with Crippen LogP contribution in [0.3, 0.4) is 0 Å². The molecule has 0 spiro atoms. The van der Waals surface area contributed by atoms with Crippen molar-refractivity contribution < 1.29 is 64.9 Å². The first-order valence-electron chi connectivity index (χ1n) is 36.0. The van der Waals surface area contributed by atoms with Crippen molar-refractivity contribution in [3.63, 3.8) is 0 Å². The summed E-state index contributed by atoms with van der Waals surface area (Å²) in [7, 11) is -23.0. The zero-order chi connectivity index (χ0) is 81.2. The van der Waals surface area contributed by atoms with Gasteiger partial charge in [0.15, 0.2) is 0 Å². The van der Waals surface area contributed by atoms with Gasteiger partial charge in [-0.1, -0.05) is 139 Å². The molecule has 576 valence electrons. The molecule has 0 aliphatic carbocycles. The third-order valence-electron chi connectivity index (χ3n) is 20.7. The van der Waals surface area contributed by atoms with Gasteiger partial charge in [0.2, 0.25) is 0 Å². The van der Waals surface area contributed by atoms with Crippen LogP contribution in [0.5, 0.6) is 0 Å². The van der Waals surface area contributed by atoms with Crippen LogP contribution in [-0.2, 0) is 50.6 Å². The Morgan fingerprint density at radius 1 is 0.188 bits per heavy atom. The predicted octanol–water partition coefficient (Wildman–Crippen LogP) is 19.2. The van der Waals surface area contributed by atoms with Gasteiger partial charge in [-0.15, -0.1) is 0 Å². The standard InChI is InChI=1S/C89H60N8O15S5/c1-50-2-4-53(5-3-50)82-66-34-40-72(90-66)85(56-14-24-61(25-15-56)113(98,99)100)74-42-36-68(92-74)83(69-37-43-75(93-69)86(73-41-35-67(82)91-73)57-16-26-62(27-17-57)114(101,102)103)54-10-6-51(7-11-54)52-8-12-55(13-9-52)84-70-38-44-76(94-70)87(58-18-28-63(29-19-58)115(104,105)106)78-46-48-80(96-78)89(60-22-32-65(33-23-60)117(110,111)112)81-49-47-79(97-81)88(77-45-39-71(84)95-77)59-20-30-64(31-21-59)116(107,108)109/h2-49,90,93-94,97H,1H3,(H,98,99,100)(H,101,102,103)(H,104,105,106)(H,107,108,109)(H,110,111,112). The fourth-order valence-electron chi connectivity index (χ4n) is 15.2. The Hall–Kier alpha value is -13.5. The van der Waals surface area contributed by atoms with Crippen LogP contribution in [0.25, 0.3) is 193 Å². The van der Waals surface area contributed by atoms with Crippen LogP contribution in [0.4, 0.5) is 0 Å². The minimum absolute atomic E-state index is 0.293. The first kappa shape index (κ1) is 74.9. The fourth-order valence-corrected chi connectivity index (χ4v) is 17.6. The molecule has 23 nitrogen and oxygen atoms in total. The number of hydrogen-bond donors (Lipinski definition) is 9. The summed E-state index contributed by atoms with van der Waals surface area (Å²) in [4.78, 5) is 34.3. The molecule has 0 unspecified atom stereocenters. The van der Waals surface area contributed by atoms with Gasteiger partial charge in [-0.2, -0.15) is 42.1 Å². The molecule has 0 amide bonds. The Kier molecular flexibility index (Phi) is 18.2. The van der Waals surface area contributed by atoms with E-state index in [-0.39, 0.29) is 24.5 Å². The number of aromatic nitrogens is 8. The Morgan fingerprint density at radius 2 is 0.316 bits per heavy atom. The highest BCUT2D eigenvalue weighted by Gasteiger charge is 2.26. The van der Waals surface area contributed by atoms with Gasteiger partial charge in [-0.05, 0) is 220 Å². The molecule has 4 aliphatic rings. The zero-order valence-electron chi connectivity index (χ0n) is 60.9. The molecule has 18 rings (SSSR count). The van der Waals surface area contributed by atoms with E-state index in [1.165, 1.54) is 72.8 Å². The van der Waals surface area contributed by atoms with E-state index >= 15 is 0 Å². The van der Waals surface area contributed by atoms with E-state index in [4.69, 9.17) is 19.9 Å². The highest BCUT2D eigenvalue weighted by molar-refractivity contribution is 7.86. The summed E-state index contributed by atoms with van der Waals surface area (Å²) in [5.74, 6) is 0. The summed E-state index contributed by atoms with van der Waals surface area (Å²) in [6, 6.07) is 67.6. The van der Waals surface area contributed by atoms with Gasteiger partial charge in [0.1, 0.15) is 0 Å². The largest absolute Gasteiger partial charge is 0.354 e. The van der Waals surface area contributed by atoms with Gasteiger partial charge in [0, 0.05) is 88.6 Å². The van der Waals surface area contributed by atoms with Gasteiger partial charge < -0.3 is 19.9 Å². The second kappa shape index (κ2) is 28.5.